The number of nitrogens with one attached hydrogen (secondary N) is 1. The Bertz CT molecular complexity index is 1020. The van der Waals surface area contributed by atoms with Crippen LogP contribution in [-0.4, -0.2) is 16.2 Å². The zero-order valence-corrected chi connectivity index (χ0v) is 15.3. The zero-order valence-electron chi connectivity index (χ0n) is 13.0. The molecule has 0 saturated carbocycles. The molecule has 0 spiro atoms. The third-order valence-electron chi connectivity index (χ3n) is 3.56. The Morgan fingerprint density at radius 1 is 1.04 bits per heavy atom. The van der Waals surface area contributed by atoms with Crippen molar-refractivity contribution in [2.24, 2.45) is 0 Å². The summed E-state index contributed by atoms with van der Waals surface area (Å²) in [6, 6.07) is 14.6. The van der Waals surface area contributed by atoms with Gasteiger partial charge < -0.3 is 4.98 Å². The van der Waals surface area contributed by atoms with Gasteiger partial charge in [-0.25, -0.2) is 4.98 Å². The molecule has 0 atom stereocenters. The van der Waals surface area contributed by atoms with E-state index in [0.717, 1.165) is 11.1 Å². The van der Waals surface area contributed by atoms with Gasteiger partial charge in [0.15, 0.2) is 5.16 Å². The first kappa shape index (κ1) is 17.6. The van der Waals surface area contributed by atoms with Crippen LogP contribution in [-0.2, 0) is 0 Å². The number of H-pyrrole nitrogens is 1. The number of nitrogens with zero attached hydrogens (tertiary/aromatic N) is 2. The molecule has 0 aliphatic heterocycles. The third kappa shape index (κ3) is 3.72. The SMILES string of the molecule is CSc1nc(-c2ccc(-c3cc(Cl)cc(Cl)c3)cc2)c(C#N)c(=O)[nH]1. The summed E-state index contributed by atoms with van der Waals surface area (Å²) in [5.74, 6) is 0. The van der Waals surface area contributed by atoms with E-state index >= 15 is 0 Å². The molecule has 0 bridgehead atoms. The number of nitriles is 1. The average Bonchev–Trinajstić information content (AvgIpc) is 2.60. The summed E-state index contributed by atoms with van der Waals surface area (Å²) in [5.41, 5.74) is 2.41. The van der Waals surface area contributed by atoms with Crippen LogP contribution in [0.3, 0.4) is 0 Å². The number of halogens is 2. The first-order chi connectivity index (χ1) is 12.0. The van der Waals surface area contributed by atoms with Gasteiger partial charge in [0, 0.05) is 15.6 Å². The van der Waals surface area contributed by atoms with Crippen LogP contribution in [0.15, 0.2) is 52.4 Å². The summed E-state index contributed by atoms with van der Waals surface area (Å²) in [4.78, 5) is 19.0. The van der Waals surface area contributed by atoms with E-state index in [1.807, 2.05) is 42.5 Å². The Balaban J connectivity index is 2.08. The first-order valence-electron chi connectivity index (χ1n) is 7.17. The Morgan fingerprint density at radius 3 is 2.20 bits per heavy atom. The molecule has 7 heteroatoms. The van der Waals surface area contributed by atoms with Crippen LogP contribution in [0, 0.1) is 11.3 Å². The molecule has 0 aliphatic carbocycles. The van der Waals surface area contributed by atoms with Crippen LogP contribution in [0.4, 0.5) is 0 Å². The van der Waals surface area contributed by atoms with E-state index in [1.165, 1.54) is 11.8 Å². The normalized spacial score (nSPS) is 10.5. The largest absolute Gasteiger partial charge is 0.300 e. The highest BCUT2D eigenvalue weighted by atomic mass is 35.5. The second-order valence-corrected chi connectivity index (χ2v) is 6.81. The average molecular weight is 388 g/mol. The summed E-state index contributed by atoms with van der Waals surface area (Å²) in [5, 5.41) is 10.8. The van der Waals surface area contributed by atoms with E-state index in [0.29, 0.717) is 26.5 Å². The molecule has 2 aromatic carbocycles. The van der Waals surface area contributed by atoms with Crippen molar-refractivity contribution in [2.45, 2.75) is 5.16 Å². The lowest BCUT2D eigenvalue weighted by Crippen LogP contribution is -2.14. The fourth-order valence-corrected chi connectivity index (χ4v) is 3.31. The number of aromatic amines is 1. The van der Waals surface area contributed by atoms with Gasteiger partial charge in [0.2, 0.25) is 0 Å². The minimum atomic E-state index is -0.442. The van der Waals surface area contributed by atoms with E-state index in [2.05, 4.69) is 9.97 Å². The molecule has 1 aromatic heterocycles. The number of hydrogen-bond donors (Lipinski definition) is 1. The molecule has 0 fully saturated rings. The number of rotatable bonds is 3. The number of benzene rings is 2. The van der Waals surface area contributed by atoms with Crippen molar-refractivity contribution >= 4 is 35.0 Å². The van der Waals surface area contributed by atoms with Crippen LogP contribution in [0.1, 0.15) is 5.56 Å². The Hall–Kier alpha value is -2.26. The van der Waals surface area contributed by atoms with Crippen molar-refractivity contribution in [2.75, 3.05) is 6.26 Å². The van der Waals surface area contributed by atoms with Crippen LogP contribution in [0.2, 0.25) is 10.0 Å². The van der Waals surface area contributed by atoms with Gasteiger partial charge in [-0.2, -0.15) is 5.26 Å². The van der Waals surface area contributed by atoms with Gasteiger partial charge in [-0.1, -0.05) is 59.2 Å². The van der Waals surface area contributed by atoms with Gasteiger partial charge in [0.05, 0.1) is 5.69 Å². The molecule has 0 amide bonds. The molecule has 1 N–H and O–H groups in total. The number of hydrogen-bond acceptors (Lipinski definition) is 4. The predicted molar refractivity (Wildman–Crippen MR) is 102 cm³/mol. The van der Waals surface area contributed by atoms with Crippen molar-refractivity contribution in [3.63, 3.8) is 0 Å². The maximum Gasteiger partial charge on any atom is 0.270 e. The second-order valence-electron chi connectivity index (χ2n) is 5.15. The molecule has 0 aliphatic rings. The molecule has 4 nitrogen and oxygen atoms in total. The molecule has 25 heavy (non-hydrogen) atoms. The summed E-state index contributed by atoms with van der Waals surface area (Å²) in [7, 11) is 0. The molecular weight excluding hydrogens is 377 g/mol. The summed E-state index contributed by atoms with van der Waals surface area (Å²) in [6.45, 7) is 0. The van der Waals surface area contributed by atoms with Gasteiger partial charge in [-0.15, -0.1) is 0 Å². The van der Waals surface area contributed by atoms with Crippen LogP contribution in [0.5, 0.6) is 0 Å². The van der Waals surface area contributed by atoms with Crippen molar-refractivity contribution < 1.29 is 0 Å². The van der Waals surface area contributed by atoms with Gasteiger partial charge in [-0.05, 0) is 35.6 Å². The number of aromatic nitrogens is 2. The second kappa shape index (κ2) is 7.32. The molecular formula is C18H11Cl2N3OS. The Kier molecular flexibility index (Phi) is 5.14. The summed E-state index contributed by atoms with van der Waals surface area (Å²) in [6.07, 6.45) is 1.81. The van der Waals surface area contributed by atoms with E-state index < -0.39 is 5.56 Å². The molecule has 0 unspecified atom stereocenters. The van der Waals surface area contributed by atoms with Gasteiger partial charge in [-0.3, -0.25) is 4.79 Å². The lowest BCUT2D eigenvalue weighted by molar-refractivity contribution is 0.937. The lowest BCUT2D eigenvalue weighted by Gasteiger charge is -2.07. The van der Waals surface area contributed by atoms with E-state index in [9.17, 15) is 10.1 Å². The van der Waals surface area contributed by atoms with Crippen molar-refractivity contribution in [1.82, 2.24) is 9.97 Å². The van der Waals surface area contributed by atoms with E-state index in [4.69, 9.17) is 23.2 Å². The van der Waals surface area contributed by atoms with Crippen LogP contribution < -0.4 is 5.56 Å². The fraction of sp³-hybridized carbons (Fsp3) is 0.0556. The monoisotopic (exact) mass is 387 g/mol. The first-order valence-corrected chi connectivity index (χ1v) is 9.15. The highest BCUT2D eigenvalue weighted by Crippen LogP contribution is 2.29. The highest BCUT2D eigenvalue weighted by Gasteiger charge is 2.13. The minimum absolute atomic E-state index is 0.00338. The highest BCUT2D eigenvalue weighted by molar-refractivity contribution is 7.98. The molecule has 3 aromatic rings. The molecule has 1 heterocycles. The summed E-state index contributed by atoms with van der Waals surface area (Å²) >= 11 is 13.4. The standard InChI is InChI=1S/C18H11Cl2N3OS/c1-25-18-22-16(15(9-21)17(24)23-18)11-4-2-10(3-5-11)12-6-13(19)8-14(20)7-12/h2-8H,1H3,(H,22,23,24). The van der Waals surface area contributed by atoms with E-state index in [-0.39, 0.29) is 5.56 Å². The van der Waals surface area contributed by atoms with Crippen molar-refractivity contribution in [1.29, 1.82) is 5.26 Å². The smallest absolute Gasteiger partial charge is 0.270 e. The molecule has 3 rings (SSSR count). The molecule has 0 saturated heterocycles. The predicted octanol–water partition coefficient (Wildman–Crippen LogP) is 5.00. The maximum atomic E-state index is 12.0. The zero-order chi connectivity index (χ0) is 18.0. The van der Waals surface area contributed by atoms with Gasteiger partial charge in [0.1, 0.15) is 11.6 Å². The Labute approximate surface area is 158 Å². The maximum absolute atomic E-state index is 12.0. The summed E-state index contributed by atoms with van der Waals surface area (Å²) < 4.78 is 0. The minimum Gasteiger partial charge on any atom is -0.300 e. The third-order valence-corrected chi connectivity index (χ3v) is 4.57. The van der Waals surface area contributed by atoms with Crippen molar-refractivity contribution in [3.8, 4) is 28.5 Å². The quantitative estimate of drug-likeness (QED) is 0.506. The number of thioether (sulfide) groups is 1. The lowest BCUT2D eigenvalue weighted by atomic mass is 10.0. The molecule has 124 valence electrons. The van der Waals surface area contributed by atoms with Crippen LogP contribution >= 0.6 is 35.0 Å². The Morgan fingerprint density at radius 2 is 1.64 bits per heavy atom. The molecule has 0 radical (unpaired) electrons. The van der Waals surface area contributed by atoms with Crippen molar-refractivity contribution in [3.05, 3.63) is 68.4 Å². The van der Waals surface area contributed by atoms with Crippen LogP contribution in [0.25, 0.3) is 22.4 Å². The van der Waals surface area contributed by atoms with Gasteiger partial charge >= 0.3 is 0 Å². The van der Waals surface area contributed by atoms with Gasteiger partial charge in [0.25, 0.3) is 5.56 Å². The topological polar surface area (TPSA) is 69.5 Å². The fourth-order valence-electron chi connectivity index (χ4n) is 2.40. The van der Waals surface area contributed by atoms with E-state index in [1.54, 1.807) is 12.3 Å².